The second kappa shape index (κ2) is 10.6. The van der Waals surface area contributed by atoms with Crippen LogP contribution in [0, 0.1) is 0 Å². The zero-order valence-corrected chi connectivity index (χ0v) is 22.4. The van der Waals surface area contributed by atoms with E-state index in [9.17, 15) is 9.59 Å². The number of carbonyl (C=O) groups excluding carboxylic acids is 2. The van der Waals surface area contributed by atoms with Gasteiger partial charge < -0.3 is 25.3 Å². The molecule has 2 amide bonds. The van der Waals surface area contributed by atoms with Crippen LogP contribution in [-0.2, 0) is 16.6 Å². The van der Waals surface area contributed by atoms with Crippen molar-refractivity contribution < 1.29 is 14.3 Å². The monoisotopic (exact) mass is 540 g/mol. The van der Waals surface area contributed by atoms with Crippen LogP contribution in [0.25, 0.3) is 33.4 Å². The Bertz CT molecular complexity index is 1570. The summed E-state index contributed by atoms with van der Waals surface area (Å²) < 4.78 is 9.37. The summed E-state index contributed by atoms with van der Waals surface area (Å²) in [5.41, 5.74) is 11.3. The number of aromatic nitrogens is 5. The number of aryl methyl sites for hydroxylation is 1. The van der Waals surface area contributed by atoms with E-state index < -0.39 is 0 Å². The van der Waals surface area contributed by atoms with Gasteiger partial charge in [0.2, 0.25) is 5.91 Å². The molecule has 1 unspecified atom stereocenters. The first-order chi connectivity index (χ1) is 19.4. The second-order valence-electron chi connectivity index (χ2n) is 10.3. The molecule has 3 aromatic heterocycles. The summed E-state index contributed by atoms with van der Waals surface area (Å²) in [6.07, 6.45) is 9.19. The summed E-state index contributed by atoms with van der Waals surface area (Å²) in [5, 5.41) is 8.50. The van der Waals surface area contributed by atoms with Gasteiger partial charge in [0, 0.05) is 49.6 Å². The normalized spacial score (nSPS) is 17.8. The van der Waals surface area contributed by atoms with Crippen molar-refractivity contribution in [3.8, 4) is 22.4 Å². The van der Waals surface area contributed by atoms with Crippen molar-refractivity contribution in [1.29, 1.82) is 0 Å². The summed E-state index contributed by atoms with van der Waals surface area (Å²) in [7, 11) is 1.95. The Morgan fingerprint density at radius 1 is 1.12 bits per heavy atom. The first-order valence-electron chi connectivity index (χ1n) is 13.5. The topological polar surface area (TPSA) is 133 Å². The molecule has 6 rings (SSSR count). The molecular weight excluding hydrogens is 508 g/mol. The van der Waals surface area contributed by atoms with E-state index >= 15 is 0 Å². The fourth-order valence-electron chi connectivity index (χ4n) is 5.74. The number of ether oxygens (including phenoxy) is 1. The molecule has 2 aliphatic rings. The van der Waals surface area contributed by atoms with Gasteiger partial charge in [-0.15, -0.1) is 0 Å². The third-order valence-corrected chi connectivity index (χ3v) is 7.90. The molecule has 0 bridgehead atoms. The molecule has 1 aromatic carbocycles. The van der Waals surface area contributed by atoms with Crippen molar-refractivity contribution in [2.24, 2.45) is 7.05 Å². The van der Waals surface area contributed by atoms with Crippen LogP contribution in [0.3, 0.4) is 0 Å². The highest BCUT2D eigenvalue weighted by molar-refractivity contribution is 6.08. The van der Waals surface area contributed by atoms with Crippen LogP contribution in [0.1, 0.15) is 35.7 Å². The van der Waals surface area contributed by atoms with Crippen LogP contribution < -0.4 is 11.1 Å². The fraction of sp³-hybridized carbons (Fsp3) is 0.345. The Labute approximate surface area is 231 Å². The van der Waals surface area contributed by atoms with Gasteiger partial charge in [-0.25, -0.2) is 9.97 Å². The van der Waals surface area contributed by atoms with Crippen molar-refractivity contribution in [3.63, 3.8) is 0 Å². The van der Waals surface area contributed by atoms with E-state index in [2.05, 4.69) is 21.9 Å². The van der Waals surface area contributed by atoms with Gasteiger partial charge in [-0.2, -0.15) is 5.10 Å². The number of piperidine rings is 1. The van der Waals surface area contributed by atoms with Crippen molar-refractivity contribution in [3.05, 3.63) is 61.2 Å². The number of fused-ring (bicyclic) bond motifs is 1. The number of amides is 2. The molecule has 11 heteroatoms. The zero-order chi connectivity index (χ0) is 27.8. The van der Waals surface area contributed by atoms with Gasteiger partial charge in [0.25, 0.3) is 5.91 Å². The van der Waals surface area contributed by atoms with Gasteiger partial charge in [-0.1, -0.05) is 18.7 Å². The molecule has 2 fully saturated rings. The predicted molar refractivity (Wildman–Crippen MR) is 151 cm³/mol. The predicted octanol–water partition coefficient (Wildman–Crippen LogP) is 2.95. The quantitative estimate of drug-likeness (QED) is 0.359. The van der Waals surface area contributed by atoms with E-state index in [1.165, 1.54) is 12.4 Å². The fourth-order valence-corrected chi connectivity index (χ4v) is 5.74. The Morgan fingerprint density at radius 3 is 2.60 bits per heavy atom. The minimum absolute atomic E-state index is 0.0329. The van der Waals surface area contributed by atoms with Gasteiger partial charge in [-0.3, -0.25) is 14.3 Å². The highest BCUT2D eigenvalue weighted by Crippen LogP contribution is 2.41. The van der Waals surface area contributed by atoms with E-state index in [0.717, 1.165) is 47.0 Å². The lowest BCUT2D eigenvalue weighted by Crippen LogP contribution is -2.38. The van der Waals surface area contributed by atoms with E-state index in [1.807, 2.05) is 57.9 Å². The van der Waals surface area contributed by atoms with Crippen molar-refractivity contribution >= 4 is 28.7 Å². The van der Waals surface area contributed by atoms with E-state index in [0.29, 0.717) is 43.3 Å². The average Bonchev–Trinajstić information content (AvgIpc) is 3.73. The molecular formula is C29H32N8O3. The number of hydrogen-bond donors (Lipinski definition) is 2. The molecule has 2 aliphatic heterocycles. The molecule has 11 nitrogen and oxygen atoms in total. The zero-order valence-electron chi connectivity index (χ0n) is 22.4. The Balaban J connectivity index is 1.34. The van der Waals surface area contributed by atoms with Gasteiger partial charge >= 0.3 is 0 Å². The number of nitrogens with two attached hydrogens (primary N) is 1. The Morgan fingerprint density at radius 2 is 1.90 bits per heavy atom. The van der Waals surface area contributed by atoms with Crippen LogP contribution in [0.4, 0.5) is 5.82 Å². The number of carbonyl (C=O) groups is 2. The molecule has 206 valence electrons. The minimum Gasteiger partial charge on any atom is -0.383 e. The second-order valence-corrected chi connectivity index (χ2v) is 10.3. The summed E-state index contributed by atoms with van der Waals surface area (Å²) in [6.45, 7) is 6.15. The van der Waals surface area contributed by atoms with Crippen LogP contribution in [0.5, 0.6) is 0 Å². The van der Waals surface area contributed by atoms with E-state index in [1.54, 1.807) is 0 Å². The Kier molecular flexibility index (Phi) is 6.81. The largest absolute Gasteiger partial charge is 0.383 e. The van der Waals surface area contributed by atoms with E-state index in [-0.39, 0.29) is 23.9 Å². The number of hydrogen-bond acceptors (Lipinski definition) is 7. The third-order valence-electron chi connectivity index (χ3n) is 7.90. The smallest absolute Gasteiger partial charge is 0.251 e. The molecule has 0 aliphatic carbocycles. The van der Waals surface area contributed by atoms with Crippen molar-refractivity contribution in [2.75, 3.05) is 32.0 Å². The molecule has 40 heavy (non-hydrogen) atoms. The highest BCUT2D eigenvalue weighted by atomic mass is 16.5. The molecule has 3 N–H and O–H groups in total. The maximum absolute atomic E-state index is 12.8. The lowest BCUT2D eigenvalue weighted by atomic mass is 9.99. The molecule has 0 spiro atoms. The van der Waals surface area contributed by atoms with Crippen molar-refractivity contribution in [2.45, 2.75) is 31.3 Å². The standard InChI is InChI=1S/C29H32N8O3/c1-3-23(38)36-11-8-22(9-12-36)37-15-20(14-33-37)26-24(25-27(30)31-17-32-28(25)35(26)2)18-4-6-19(7-5-18)29(39)34-21-10-13-40-16-21/h3-7,14-15,17,21-22H,1,8-13,16H2,2H3,(H,34,39)(H2,30,31,32). The number of nitrogens with one attached hydrogen (secondary N) is 1. The van der Waals surface area contributed by atoms with Gasteiger partial charge in [0.1, 0.15) is 17.8 Å². The van der Waals surface area contributed by atoms with Crippen LogP contribution in [0.15, 0.2) is 55.6 Å². The van der Waals surface area contributed by atoms with Crippen LogP contribution in [-0.4, -0.2) is 73.4 Å². The minimum atomic E-state index is -0.120. The lowest BCUT2D eigenvalue weighted by molar-refractivity contribution is -0.127. The average molecular weight is 541 g/mol. The number of rotatable bonds is 6. The van der Waals surface area contributed by atoms with Gasteiger partial charge in [0.05, 0.1) is 36.0 Å². The maximum Gasteiger partial charge on any atom is 0.251 e. The molecule has 0 radical (unpaired) electrons. The number of anilines is 1. The Hall–Kier alpha value is -4.51. The molecule has 1 atom stereocenters. The number of nitrogen functional groups attached to an aromatic ring is 1. The molecule has 4 aromatic rings. The van der Waals surface area contributed by atoms with Gasteiger partial charge in [0.15, 0.2) is 0 Å². The summed E-state index contributed by atoms with van der Waals surface area (Å²) in [5.74, 6) is 0.233. The number of benzene rings is 1. The molecule has 0 saturated carbocycles. The molecule has 5 heterocycles. The summed E-state index contributed by atoms with van der Waals surface area (Å²) in [6, 6.07) is 7.74. The number of nitrogens with zero attached hydrogens (tertiary/aromatic N) is 6. The van der Waals surface area contributed by atoms with Crippen LogP contribution in [0.2, 0.25) is 0 Å². The maximum atomic E-state index is 12.8. The third kappa shape index (κ3) is 4.62. The highest BCUT2D eigenvalue weighted by Gasteiger charge is 2.26. The molecule has 2 saturated heterocycles. The summed E-state index contributed by atoms with van der Waals surface area (Å²) in [4.78, 5) is 35.4. The van der Waals surface area contributed by atoms with E-state index in [4.69, 9.17) is 15.6 Å². The van der Waals surface area contributed by atoms with Gasteiger partial charge in [-0.05, 0) is 43.0 Å². The van der Waals surface area contributed by atoms with Crippen molar-refractivity contribution in [1.82, 2.24) is 34.5 Å². The first-order valence-corrected chi connectivity index (χ1v) is 13.5. The SMILES string of the molecule is C=CC(=O)N1CCC(n2cc(-c3c(-c4ccc(C(=O)NC5CCOC5)cc4)c4c(N)ncnc4n3C)cn2)CC1. The first kappa shape index (κ1) is 25.8. The van der Waals surface area contributed by atoms with Crippen LogP contribution >= 0.6 is 0 Å². The number of likely N-dealkylation sites (tertiary alicyclic amines) is 1. The lowest BCUT2D eigenvalue weighted by Gasteiger charge is -2.31. The summed E-state index contributed by atoms with van der Waals surface area (Å²) >= 11 is 0.